The van der Waals surface area contributed by atoms with Gasteiger partial charge in [-0.3, -0.25) is 0 Å². The van der Waals surface area contributed by atoms with E-state index in [0.717, 1.165) is 0 Å². The van der Waals surface area contributed by atoms with E-state index >= 15 is 0 Å². The summed E-state index contributed by atoms with van der Waals surface area (Å²) < 4.78 is 0. The molecule has 0 aromatic carbocycles. The Labute approximate surface area is 55.7 Å². The minimum atomic E-state index is 0.0136. The van der Waals surface area contributed by atoms with Crippen molar-refractivity contribution >= 4 is 0 Å². The van der Waals surface area contributed by atoms with E-state index in [1.807, 2.05) is 13.8 Å². The molecule has 0 unspecified atom stereocenters. The third-order valence-corrected chi connectivity index (χ3v) is 1.15. The average Bonchev–Trinajstić information content (AvgIpc) is 1.87. The predicted molar refractivity (Wildman–Crippen MR) is 34.2 cm³/mol. The maximum atomic E-state index is 8.32. The van der Waals surface area contributed by atoms with E-state index in [4.69, 9.17) is 10.5 Å². The number of rotatable bonds is 2. The summed E-state index contributed by atoms with van der Waals surface area (Å²) in [5.74, 6) is 0.0271. The Bertz CT molecular complexity index is 131. The molecule has 0 N–H and O–H groups in total. The number of hydrogen-bond donors (Lipinski definition) is 0. The first-order valence-corrected chi connectivity index (χ1v) is 3.00. The second-order valence-electron chi connectivity index (χ2n) is 2.30. The van der Waals surface area contributed by atoms with E-state index in [-0.39, 0.29) is 11.8 Å². The number of nitriles is 2. The summed E-state index contributed by atoms with van der Waals surface area (Å²) in [6.07, 6.45) is 0.688. The lowest BCUT2D eigenvalue weighted by Gasteiger charge is -2.00. The van der Waals surface area contributed by atoms with Gasteiger partial charge in [-0.05, 0) is 20.3 Å². The third-order valence-electron chi connectivity index (χ3n) is 1.15. The largest absolute Gasteiger partial charge is 0.198 e. The van der Waals surface area contributed by atoms with Gasteiger partial charge in [-0.1, -0.05) is 0 Å². The molecular weight excluding hydrogens is 112 g/mol. The fourth-order valence-corrected chi connectivity index (χ4v) is 0.636. The van der Waals surface area contributed by atoms with Gasteiger partial charge in [0.15, 0.2) is 0 Å². The molecule has 0 aliphatic carbocycles. The van der Waals surface area contributed by atoms with Crippen molar-refractivity contribution in [2.45, 2.75) is 20.3 Å². The maximum Gasteiger partial charge on any atom is 0.0653 e. The highest BCUT2D eigenvalue weighted by molar-refractivity contribution is 4.86. The zero-order valence-electron chi connectivity index (χ0n) is 5.76. The Morgan fingerprint density at radius 2 is 1.44 bits per heavy atom. The molecule has 0 fully saturated rings. The van der Waals surface area contributed by atoms with Crippen molar-refractivity contribution < 1.29 is 0 Å². The fourth-order valence-electron chi connectivity index (χ4n) is 0.636. The lowest BCUT2D eigenvalue weighted by Crippen LogP contribution is -1.97. The van der Waals surface area contributed by atoms with Crippen molar-refractivity contribution in [1.29, 1.82) is 10.5 Å². The van der Waals surface area contributed by atoms with Crippen LogP contribution in [0.3, 0.4) is 0 Å². The van der Waals surface area contributed by atoms with Crippen LogP contribution in [-0.4, -0.2) is 0 Å². The zero-order chi connectivity index (χ0) is 7.28. The SMILES string of the molecule is C[C@@H](C#N)C[C@@H](C)C#N. The van der Waals surface area contributed by atoms with E-state index in [9.17, 15) is 0 Å². The number of hydrogen-bond acceptors (Lipinski definition) is 2. The molecule has 0 amide bonds. The summed E-state index contributed by atoms with van der Waals surface area (Å²) >= 11 is 0. The molecule has 0 spiro atoms. The second-order valence-corrected chi connectivity index (χ2v) is 2.30. The van der Waals surface area contributed by atoms with Gasteiger partial charge >= 0.3 is 0 Å². The molecule has 2 atom stereocenters. The summed E-state index contributed by atoms with van der Waals surface area (Å²) in [5, 5.41) is 16.6. The third kappa shape index (κ3) is 3.55. The molecule has 0 heterocycles. The molecule has 0 rings (SSSR count). The van der Waals surface area contributed by atoms with E-state index in [1.54, 1.807) is 0 Å². The molecule has 0 radical (unpaired) electrons. The van der Waals surface area contributed by atoms with Crippen LogP contribution in [0.5, 0.6) is 0 Å². The Kier molecular flexibility index (Phi) is 3.48. The minimum absolute atomic E-state index is 0.0136. The van der Waals surface area contributed by atoms with Gasteiger partial charge in [0.2, 0.25) is 0 Å². The van der Waals surface area contributed by atoms with Crippen LogP contribution in [0.1, 0.15) is 20.3 Å². The molecular formula is C7H10N2. The van der Waals surface area contributed by atoms with Gasteiger partial charge in [-0.2, -0.15) is 10.5 Å². The molecule has 2 nitrogen and oxygen atoms in total. The van der Waals surface area contributed by atoms with E-state index in [2.05, 4.69) is 12.1 Å². The summed E-state index contributed by atoms with van der Waals surface area (Å²) in [4.78, 5) is 0. The minimum Gasteiger partial charge on any atom is -0.198 e. The van der Waals surface area contributed by atoms with Crippen molar-refractivity contribution in [2.24, 2.45) is 11.8 Å². The molecule has 0 bridgehead atoms. The maximum absolute atomic E-state index is 8.32. The molecule has 2 heteroatoms. The highest BCUT2D eigenvalue weighted by atomic mass is 14.3. The molecule has 9 heavy (non-hydrogen) atoms. The first-order valence-electron chi connectivity index (χ1n) is 3.00. The van der Waals surface area contributed by atoms with E-state index in [1.165, 1.54) is 0 Å². The summed E-state index contributed by atoms with van der Waals surface area (Å²) in [6, 6.07) is 4.16. The predicted octanol–water partition coefficient (Wildman–Crippen LogP) is 1.70. The molecule has 0 aliphatic heterocycles. The Morgan fingerprint density at radius 3 is 1.67 bits per heavy atom. The molecule has 0 aromatic heterocycles. The van der Waals surface area contributed by atoms with Crippen LogP contribution in [0.25, 0.3) is 0 Å². The van der Waals surface area contributed by atoms with Gasteiger partial charge in [0.25, 0.3) is 0 Å². The average molecular weight is 122 g/mol. The van der Waals surface area contributed by atoms with Gasteiger partial charge in [-0.15, -0.1) is 0 Å². The van der Waals surface area contributed by atoms with Crippen LogP contribution in [0.2, 0.25) is 0 Å². The van der Waals surface area contributed by atoms with Crippen LogP contribution in [0.15, 0.2) is 0 Å². The van der Waals surface area contributed by atoms with Crippen LogP contribution in [-0.2, 0) is 0 Å². The number of nitrogens with zero attached hydrogens (tertiary/aromatic N) is 2. The van der Waals surface area contributed by atoms with Crippen molar-refractivity contribution in [1.82, 2.24) is 0 Å². The summed E-state index contributed by atoms with van der Waals surface area (Å²) in [5.41, 5.74) is 0. The van der Waals surface area contributed by atoms with Gasteiger partial charge in [0, 0.05) is 11.8 Å². The van der Waals surface area contributed by atoms with Crippen LogP contribution in [0.4, 0.5) is 0 Å². The van der Waals surface area contributed by atoms with E-state index in [0.29, 0.717) is 6.42 Å². The van der Waals surface area contributed by atoms with Crippen molar-refractivity contribution in [2.75, 3.05) is 0 Å². The van der Waals surface area contributed by atoms with Crippen molar-refractivity contribution in [3.05, 3.63) is 0 Å². The topological polar surface area (TPSA) is 47.6 Å². The first kappa shape index (κ1) is 7.98. The van der Waals surface area contributed by atoms with Crippen molar-refractivity contribution in [3.8, 4) is 12.1 Å². The quantitative estimate of drug-likeness (QED) is 0.559. The Morgan fingerprint density at radius 1 is 1.11 bits per heavy atom. The Balaban J connectivity index is 3.53. The second kappa shape index (κ2) is 3.92. The molecule has 0 saturated carbocycles. The van der Waals surface area contributed by atoms with Gasteiger partial charge in [-0.25, -0.2) is 0 Å². The lowest BCUT2D eigenvalue weighted by molar-refractivity contribution is 0.561. The van der Waals surface area contributed by atoms with Crippen molar-refractivity contribution in [3.63, 3.8) is 0 Å². The van der Waals surface area contributed by atoms with E-state index < -0.39 is 0 Å². The monoisotopic (exact) mass is 122 g/mol. The highest BCUT2D eigenvalue weighted by Gasteiger charge is 2.04. The lowest BCUT2D eigenvalue weighted by atomic mass is 10.0. The van der Waals surface area contributed by atoms with Gasteiger partial charge < -0.3 is 0 Å². The van der Waals surface area contributed by atoms with Crippen LogP contribution in [0, 0.1) is 34.5 Å². The van der Waals surface area contributed by atoms with Gasteiger partial charge in [0.1, 0.15) is 0 Å². The molecule has 0 saturated heterocycles. The first-order chi connectivity index (χ1) is 4.20. The van der Waals surface area contributed by atoms with Crippen LogP contribution < -0.4 is 0 Å². The smallest absolute Gasteiger partial charge is 0.0653 e. The highest BCUT2D eigenvalue weighted by Crippen LogP contribution is 2.08. The Hall–Kier alpha value is -1.02. The molecule has 48 valence electrons. The zero-order valence-corrected chi connectivity index (χ0v) is 5.76. The van der Waals surface area contributed by atoms with Crippen LogP contribution >= 0.6 is 0 Å². The van der Waals surface area contributed by atoms with Gasteiger partial charge in [0.05, 0.1) is 12.1 Å². The summed E-state index contributed by atoms with van der Waals surface area (Å²) in [7, 11) is 0. The normalized spacial score (nSPS) is 15.1. The summed E-state index contributed by atoms with van der Waals surface area (Å²) in [6.45, 7) is 3.65. The molecule has 0 aliphatic rings. The fraction of sp³-hybridized carbons (Fsp3) is 0.714. The molecule has 0 aromatic rings. The standard InChI is InChI=1S/C7H10N2/c1-6(4-8)3-7(2)5-9/h6-7H,3H2,1-2H3/t6-,7-/m1/s1.